The Bertz CT molecular complexity index is 746. The molecular formula is C68H165N3O5S2. The molecule has 0 radical (unpaired) electrons. The Morgan fingerprint density at radius 3 is 0.833 bits per heavy atom. The molecule has 0 saturated heterocycles. The first kappa shape index (κ1) is 152. The summed E-state index contributed by atoms with van der Waals surface area (Å²) in [6.45, 7) is 86.2. The molecule has 0 atom stereocenters. The molecule has 0 aliphatic heterocycles. The summed E-state index contributed by atoms with van der Waals surface area (Å²) in [5.74, 6) is 0. The summed E-state index contributed by atoms with van der Waals surface area (Å²) in [6.07, 6.45) is 20.5. The molecule has 0 bridgehead atoms. The molecule has 8 nitrogen and oxygen atoms in total. The van der Waals surface area contributed by atoms with Gasteiger partial charge in [0.25, 0.3) is 0 Å². The number of nitrogens with zero attached hydrogens (tertiary/aromatic N) is 2. The highest BCUT2D eigenvalue weighted by atomic mass is 32.2. The maximum absolute atomic E-state index is 4.66. The fourth-order valence-corrected chi connectivity index (χ4v) is 2.35. The lowest BCUT2D eigenvalue weighted by Crippen LogP contribution is -1.96. The van der Waals surface area contributed by atoms with Gasteiger partial charge < -0.3 is 29.0 Å². The zero-order valence-electron chi connectivity index (χ0n) is 63.6. The monoisotopic (exact) mass is 1170 g/mol. The van der Waals surface area contributed by atoms with E-state index in [1.54, 1.807) is 53.6 Å². The van der Waals surface area contributed by atoms with Crippen LogP contribution in [0.4, 0.5) is 0 Å². The Balaban J connectivity index is -0.0000000197. The smallest absolute Gasteiger partial charge is 0.145 e. The summed E-state index contributed by atoms with van der Waals surface area (Å²) in [5.41, 5.74) is 2.86. The second-order valence-corrected chi connectivity index (χ2v) is 8.97. The van der Waals surface area contributed by atoms with Crippen LogP contribution in [0.15, 0.2) is 93.5 Å². The number of aryl methyl sites for hydroxylation is 2. The van der Waals surface area contributed by atoms with Gasteiger partial charge in [-0.1, -0.05) is 295 Å². The molecule has 0 fully saturated rings. The van der Waals surface area contributed by atoms with Gasteiger partial charge >= 0.3 is 0 Å². The highest BCUT2D eigenvalue weighted by Crippen LogP contribution is 2.06. The number of benzene rings is 1. The van der Waals surface area contributed by atoms with Crippen molar-refractivity contribution in [3.05, 3.63) is 95.8 Å². The van der Waals surface area contributed by atoms with Gasteiger partial charge in [-0.25, -0.2) is 8.80 Å². The van der Waals surface area contributed by atoms with Crippen LogP contribution in [0.3, 0.4) is 0 Å². The van der Waals surface area contributed by atoms with Crippen molar-refractivity contribution >= 4 is 37.3 Å². The zero-order chi connectivity index (χ0) is 69.0. The van der Waals surface area contributed by atoms with E-state index in [2.05, 4.69) is 89.3 Å². The zero-order valence-corrected chi connectivity index (χ0v) is 65.2. The molecule has 0 aliphatic rings. The maximum atomic E-state index is 4.66. The average molecular weight is 1170 g/mol. The van der Waals surface area contributed by atoms with Crippen molar-refractivity contribution in [1.82, 2.24) is 5.32 Å². The van der Waals surface area contributed by atoms with E-state index in [0.717, 1.165) is 18.6 Å². The van der Waals surface area contributed by atoms with Gasteiger partial charge in [-0.3, -0.25) is 0 Å². The van der Waals surface area contributed by atoms with Crippen LogP contribution in [0.5, 0.6) is 0 Å². The van der Waals surface area contributed by atoms with Crippen molar-refractivity contribution in [2.75, 3.05) is 68.9 Å². The molecule has 1 aromatic rings. The van der Waals surface area contributed by atoms with Crippen LogP contribution in [-0.2, 0) is 30.1 Å². The van der Waals surface area contributed by atoms with Gasteiger partial charge in [0, 0.05) is 48.9 Å². The van der Waals surface area contributed by atoms with Crippen molar-refractivity contribution in [2.45, 2.75) is 276 Å². The van der Waals surface area contributed by atoms with E-state index in [9.17, 15) is 0 Å². The average Bonchev–Trinajstić information content (AvgIpc) is 3.56. The van der Waals surface area contributed by atoms with E-state index in [4.69, 9.17) is 0 Å². The molecule has 0 heterocycles. The van der Waals surface area contributed by atoms with Crippen LogP contribution in [0, 0.1) is 6.92 Å². The van der Waals surface area contributed by atoms with Gasteiger partial charge in [0.1, 0.15) is 18.9 Å². The Hall–Kier alpha value is -2.60. The number of methoxy groups -OCH3 is 5. The van der Waals surface area contributed by atoms with Crippen LogP contribution in [0.2, 0.25) is 0 Å². The van der Waals surface area contributed by atoms with Crippen molar-refractivity contribution in [3.8, 4) is 0 Å². The molecule has 1 N–H and O–H groups in total. The molecule has 0 saturated carbocycles. The topological polar surface area (TPSA) is 82.9 Å². The van der Waals surface area contributed by atoms with Crippen molar-refractivity contribution < 1.29 is 23.7 Å². The number of hydrogen-bond donors (Lipinski definition) is 1. The molecule has 10 heteroatoms. The van der Waals surface area contributed by atoms with E-state index >= 15 is 0 Å². The summed E-state index contributed by atoms with van der Waals surface area (Å²) in [6, 6.07) is 8.49. The lowest BCUT2D eigenvalue weighted by molar-refractivity contribution is -0.00272. The minimum Gasteiger partial charge on any atom is -0.505 e. The largest absolute Gasteiger partial charge is 0.505 e. The van der Waals surface area contributed by atoms with E-state index in [1.807, 2.05) is 324 Å². The Kier molecular flexibility index (Phi) is 792. The molecule has 1 aromatic carbocycles. The van der Waals surface area contributed by atoms with Crippen LogP contribution in [0.25, 0.3) is 0 Å². The number of allylic oxidation sites excluding steroid dienone is 7. The molecule has 0 amide bonds. The molecule has 0 unspecified atom stereocenters. The van der Waals surface area contributed by atoms with Crippen LogP contribution in [0.1, 0.15) is 274 Å². The Morgan fingerprint density at radius 2 is 0.756 bits per heavy atom. The van der Waals surface area contributed by atoms with Crippen LogP contribution >= 0.6 is 23.9 Å². The predicted molar refractivity (Wildman–Crippen MR) is 395 cm³/mol. The maximum Gasteiger partial charge on any atom is 0.145 e. The van der Waals surface area contributed by atoms with Gasteiger partial charge in [0.15, 0.2) is 0 Å². The lowest BCUT2D eigenvalue weighted by Gasteiger charge is -1.98. The van der Waals surface area contributed by atoms with Crippen molar-refractivity contribution in [1.29, 1.82) is 0 Å². The third-order valence-corrected chi connectivity index (χ3v) is 4.63. The van der Waals surface area contributed by atoms with Crippen LogP contribution < -0.4 is 5.32 Å². The van der Waals surface area contributed by atoms with Gasteiger partial charge in [0.05, 0.1) is 26.6 Å². The summed E-state index contributed by atoms with van der Waals surface area (Å²) < 4.78 is 29.3. The first-order chi connectivity index (χ1) is 38.2. The van der Waals surface area contributed by atoms with E-state index in [0.29, 0.717) is 20.0 Å². The van der Waals surface area contributed by atoms with E-state index in [1.165, 1.54) is 11.1 Å². The number of thioether (sulfide) groups is 1. The third-order valence-electron chi connectivity index (χ3n) is 3.86. The fourth-order valence-electron chi connectivity index (χ4n) is 1.99. The quantitative estimate of drug-likeness (QED) is 0.0554. The van der Waals surface area contributed by atoms with Gasteiger partial charge in [-0.2, -0.15) is 0 Å². The summed E-state index contributed by atoms with van der Waals surface area (Å²) in [4.78, 5) is 0. The third kappa shape index (κ3) is 552. The standard InChI is InChI=1S/C9H12.C6H10.C4H9N.C4H10O2.C4H8O.C4H8S.C3H8O2.C2H4N2S.16C2H6/c1-3-9-7-5-4-6-8(9)2;1-3-5-6-4-2;1-3-4-5-2;1-5-3-4-6-2;2*1-3-4-5-2;1-4-3-5-2;1-3-5-4-2;16*1-2/h4-7H,3H2,1-2H3;3-6H,1-2H3;3-5H,1-2H3;3-4H2,1-2H3;2*3-4H,1-2H3;3H2,1-2H3;1-2H2;16*1-2H3/b;5-3-,6-4-;4-3-;;2*4-3-;;;;;;;;;;;;;;;;;;. The normalized spacial score (nSPS) is 6.69. The number of rotatable bonds is 12. The molecule has 78 heavy (non-hydrogen) atoms. The molecule has 1 rings (SSSR count). The number of hydrogen-bond acceptors (Lipinski definition) is 10. The predicted octanol–water partition coefficient (Wildman–Crippen LogP) is 26.4. The number of nitrogens with one attached hydrogen (secondary N) is 1. The highest BCUT2D eigenvalue weighted by Gasteiger charge is 1.89. The minimum absolute atomic E-state index is 0.389. The molecule has 0 aliphatic carbocycles. The number of ether oxygens (including phenoxy) is 5. The fraction of sp³-hybridized carbons (Fsp3) is 0.735. The van der Waals surface area contributed by atoms with Gasteiger partial charge in [-0.05, 0) is 77.0 Å². The molecule has 0 aromatic heterocycles. The molecule has 0 spiro atoms. The minimum atomic E-state index is 0.389. The molecular weight excluding hydrogens is 1000 g/mol. The van der Waals surface area contributed by atoms with Gasteiger partial charge in [-0.15, -0.1) is 11.8 Å². The SMILES string of the molecule is C/C=C\C=C/C.C/C=C\NC.C/C=C\OC.C/C=C\SC.C=NSN=C.CC.CC.CC.CC.CC.CC.CC.CC.CC.CC.CC.CC.CC.CC.CC.CC.CCc1ccccc1C.COCCOC.COCOC. The van der Waals surface area contributed by atoms with E-state index < -0.39 is 0 Å². The van der Waals surface area contributed by atoms with Crippen molar-refractivity contribution in [2.24, 2.45) is 8.80 Å². The lowest BCUT2D eigenvalue weighted by atomic mass is 10.1. The summed E-state index contributed by atoms with van der Waals surface area (Å²) >= 11 is 2.71. The summed E-state index contributed by atoms with van der Waals surface area (Å²) in [7, 11) is 9.98. The first-order valence-corrected chi connectivity index (χ1v) is 32.7. The van der Waals surface area contributed by atoms with E-state index in [-0.39, 0.29) is 0 Å². The first-order valence-electron chi connectivity index (χ1n) is 30.6. The second-order valence-electron chi connectivity index (χ2n) is 7.55. The van der Waals surface area contributed by atoms with Crippen molar-refractivity contribution in [3.63, 3.8) is 0 Å². The Labute approximate surface area is 513 Å². The van der Waals surface area contributed by atoms with Crippen LogP contribution in [-0.4, -0.2) is 82.3 Å². The van der Waals surface area contributed by atoms with Gasteiger partial charge in [0.2, 0.25) is 0 Å². The Morgan fingerprint density at radius 1 is 0.462 bits per heavy atom. The summed E-state index contributed by atoms with van der Waals surface area (Å²) in [5, 5.41) is 4.88. The molecule has 494 valence electrons. The second kappa shape index (κ2) is 407. The highest BCUT2D eigenvalue weighted by molar-refractivity contribution is 8.01.